The van der Waals surface area contributed by atoms with E-state index in [2.05, 4.69) is 9.71 Å². The van der Waals surface area contributed by atoms with Gasteiger partial charge in [0.05, 0.1) is 22.5 Å². The molecule has 30 heavy (non-hydrogen) atoms. The lowest BCUT2D eigenvalue weighted by atomic mass is 10.1. The molecule has 1 heterocycles. The van der Waals surface area contributed by atoms with Crippen LogP contribution in [0.4, 0.5) is 17.6 Å². The first-order valence-corrected chi connectivity index (χ1v) is 10.0. The number of benzene rings is 2. The van der Waals surface area contributed by atoms with Crippen LogP contribution in [0.3, 0.4) is 0 Å². The number of hydrogen-bond acceptors (Lipinski definition) is 4. The summed E-state index contributed by atoms with van der Waals surface area (Å²) in [5.41, 5.74) is -0.958. The molecule has 0 unspecified atom stereocenters. The topological polar surface area (TPSA) is 81.1 Å². The van der Waals surface area contributed by atoms with Crippen molar-refractivity contribution in [1.82, 2.24) is 14.3 Å². The molecule has 0 spiro atoms. The fraction of sp³-hybridized carbons (Fsp3) is 0.158. The summed E-state index contributed by atoms with van der Waals surface area (Å²) in [6, 6.07) is 10.4. The Hall–Kier alpha value is -3.05. The summed E-state index contributed by atoms with van der Waals surface area (Å²) in [4.78, 5) is 15.4. The van der Waals surface area contributed by atoms with E-state index in [0.29, 0.717) is 17.3 Å². The van der Waals surface area contributed by atoms with E-state index in [9.17, 15) is 30.8 Å². The summed E-state index contributed by atoms with van der Waals surface area (Å²) in [6.45, 7) is -0.477. The minimum Gasteiger partial charge on any atom is -0.298 e. The SMILES string of the molecule is O=c1cc(-c2ccc(F)cc2)ncn1CCNS(=O)(=O)c1ccccc1C(F)(F)F. The Morgan fingerprint density at radius 3 is 2.33 bits per heavy atom. The van der Waals surface area contributed by atoms with Gasteiger partial charge in [0.1, 0.15) is 5.82 Å². The highest BCUT2D eigenvalue weighted by atomic mass is 32.2. The van der Waals surface area contributed by atoms with Crippen LogP contribution in [0, 0.1) is 5.82 Å². The van der Waals surface area contributed by atoms with E-state index in [1.54, 1.807) is 0 Å². The molecule has 3 aromatic rings. The van der Waals surface area contributed by atoms with Crippen LogP contribution in [0.25, 0.3) is 11.3 Å². The number of nitrogens with one attached hydrogen (secondary N) is 1. The van der Waals surface area contributed by atoms with Gasteiger partial charge in [-0.3, -0.25) is 9.36 Å². The number of hydrogen-bond donors (Lipinski definition) is 1. The lowest BCUT2D eigenvalue weighted by Gasteiger charge is -2.14. The highest BCUT2D eigenvalue weighted by Gasteiger charge is 2.36. The summed E-state index contributed by atoms with van der Waals surface area (Å²) in [5, 5.41) is 0. The summed E-state index contributed by atoms with van der Waals surface area (Å²) in [7, 11) is -4.45. The molecule has 0 bridgehead atoms. The zero-order valence-electron chi connectivity index (χ0n) is 15.2. The molecule has 158 valence electrons. The largest absolute Gasteiger partial charge is 0.417 e. The zero-order chi connectivity index (χ0) is 21.9. The van der Waals surface area contributed by atoms with Crippen molar-refractivity contribution in [2.24, 2.45) is 0 Å². The minimum absolute atomic E-state index is 0.150. The molecule has 0 aliphatic rings. The van der Waals surface area contributed by atoms with Crippen LogP contribution >= 0.6 is 0 Å². The lowest BCUT2D eigenvalue weighted by Crippen LogP contribution is -2.32. The van der Waals surface area contributed by atoms with Gasteiger partial charge in [0.25, 0.3) is 5.56 Å². The maximum absolute atomic E-state index is 13.1. The lowest BCUT2D eigenvalue weighted by molar-refractivity contribution is -0.139. The van der Waals surface area contributed by atoms with Crippen molar-refractivity contribution < 1.29 is 26.0 Å². The van der Waals surface area contributed by atoms with Crippen LogP contribution in [0.5, 0.6) is 0 Å². The quantitative estimate of drug-likeness (QED) is 0.597. The van der Waals surface area contributed by atoms with Crippen LogP contribution in [-0.2, 0) is 22.7 Å². The minimum atomic E-state index is -4.83. The molecule has 1 N–H and O–H groups in total. The summed E-state index contributed by atoms with van der Waals surface area (Å²) in [6.07, 6.45) is -3.65. The fourth-order valence-corrected chi connectivity index (χ4v) is 3.93. The first kappa shape index (κ1) is 21.7. The van der Waals surface area contributed by atoms with E-state index in [4.69, 9.17) is 0 Å². The van der Waals surface area contributed by atoms with E-state index >= 15 is 0 Å². The second-order valence-corrected chi connectivity index (χ2v) is 7.94. The summed E-state index contributed by atoms with van der Waals surface area (Å²) in [5.74, 6) is -0.438. The van der Waals surface area contributed by atoms with Crippen LogP contribution < -0.4 is 10.3 Å². The zero-order valence-corrected chi connectivity index (χ0v) is 16.0. The highest BCUT2D eigenvalue weighted by molar-refractivity contribution is 7.89. The second kappa shape index (κ2) is 8.36. The number of sulfonamides is 1. The molecular weight excluding hydrogens is 426 g/mol. The average Bonchev–Trinajstić information content (AvgIpc) is 2.69. The van der Waals surface area contributed by atoms with Gasteiger partial charge in [-0.1, -0.05) is 12.1 Å². The van der Waals surface area contributed by atoms with Crippen LogP contribution in [0.1, 0.15) is 5.56 Å². The molecule has 3 rings (SSSR count). The van der Waals surface area contributed by atoms with E-state index in [0.717, 1.165) is 16.7 Å². The molecule has 0 atom stereocenters. The van der Waals surface area contributed by atoms with Crippen LogP contribution in [-0.4, -0.2) is 24.5 Å². The third kappa shape index (κ3) is 4.92. The maximum atomic E-state index is 13.1. The van der Waals surface area contributed by atoms with E-state index in [1.165, 1.54) is 42.7 Å². The molecule has 0 aliphatic carbocycles. The van der Waals surface area contributed by atoms with Crippen LogP contribution in [0.15, 0.2) is 70.6 Å². The number of nitrogens with zero attached hydrogens (tertiary/aromatic N) is 2. The first-order chi connectivity index (χ1) is 14.1. The molecule has 0 saturated carbocycles. The Labute approximate surface area is 168 Å². The molecule has 0 radical (unpaired) electrons. The van der Waals surface area contributed by atoms with Crippen molar-refractivity contribution in [3.05, 3.63) is 82.7 Å². The molecule has 0 saturated heterocycles. The predicted molar refractivity (Wildman–Crippen MR) is 101 cm³/mol. The normalized spacial score (nSPS) is 12.1. The van der Waals surface area contributed by atoms with Gasteiger partial charge >= 0.3 is 6.18 Å². The molecular formula is C19H15F4N3O3S. The molecule has 0 aliphatic heterocycles. The fourth-order valence-electron chi connectivity index (χ4n) is 2.69. The van der Waals surface area contributed by atoms with Gasteiger partial charge < -0.3 is 0 Å². The smallest absolute Gasteiger partial charge is 0.298 e. The van der Waals surface area contributed by atoms with Crippen molar-refractivity contribution in [1.29, 1.82) is 0 Å². The number of aromatic nitrogens is 2. The van der Waals surface area contributed by atoms with E-state index < -0.39 is 38.0 Å². The predicted octanol–water partition coefficient (Wildman–Crippen LogP) is 3.05. The molecule has 2 aromatic carbocycles. The van der Waals surface area contributed by atoms with Gasteiger partial charge in [0.2, 0.25) is 10.0 Å². The van der Waals surface area contributed by atoms with Crippen molar-refractivity contribution in [2.75, 3.05) is 6.54 Å². The number of halogens is 4. The average molecular weight is 441 g/mol. The Kier molecular flexibility index (Phi) is 6.04. The van der Waals surface area contributed by atoms with Crippen molar-refractivity contribution >= 4 is 10.0 Å². The van der Waals surface area contributed by atoms with Gasteiger partial charge in [-0.05, 0) is 36.4 Å². The van der Waals surface area contributed by atoms with Crippen molar-refractivity contribution in [3.8, 4) is 11.3 Å². The van der Waals surface area contributed by atoms with E-state index in [-0.39, 0.29) is 13.1 Å². The monoisotopic (exact) mass is 441 g/mol. The Balaban J connectivity index is 1.72. The standard InChI is InChI=1S/C19H15F4N3O3S/c20-14-7-5-13(6-8-14)16-11-18(27)26(12-24-16)10-9-25-30(28,29)17-4-2-1-3-15(17)19(21,22)23/h1-8,11-12,25H,9-10H2. The van der Waals surface area contributed by atoms with Crippen molar-refractivity contribution in [2.45, 2.75) is 17.6 Å². The third-order valence-electron chi connectivity index (χ3n) is 4.15. The molecule has 11 heteroatoms. The van der Waals surface area contributed by atoms with Gasteiger partial charge in [0, 0.05) is 24.7 Å². The molecule has 6 nitrogen and oxygen atoms in total. The Morgan fingerprint density at radius 2 is 1.70 bits per heavy atom. The van der Waals surface area contributed by atoms with Gasteiger partial charge in [-0.2, -0.15) is 13.2 Å². The summed E-state index contributed by atoms with van der Waals surface area (Å²) < 4.78 is 79.9. The van der Waals surface area contributed by atoms with Crippen LogP contribution in [0.2, 0.25) is 0 Å². The molecule has 0 amide bonds. The highest BCUT2D eigenvalue weighted by Crippen LogP contribution is 2.33. The van der Waals surface area contributed by atoms with Gasteiger partial charge in [0.15, 0.2) is 0 Å². The van der Waals surface area contributed by atoms with Crippen molar-refractivity contribution in [3.63, 3.8) is 0 Å². The Morgan fingerprint density at radius 1 is 1.03 bits per heavy atom. The van der Waals surface area contributed by atoms with Gasteiger partial charge in [-0.15, -0.1) is 0 Å². The number of rotatable bonds is 6. The van der Waals surface area contributed by atoms with Gasteiger partial charge in [-0.25, -0.2) is 22.5 Å². The maximum Gasteiger partial charge on any atom is 0.417 e. The summed E-state index contributed by atoms with van der Waals surface area (Å²) >= 11 is 0. The van der Waals surface area contributed by atoms with E-state index in [1.807, 2.05) is 0 Å². The molecule has 1 aromatic heterocycles. The second-order valence-electron chi connectivity index (χ2n) is 6.20. The first-order valence-electron chi connectivity index (χ1n) is 8.56. The Bertz CT molecular complexity index is 1210. The third-order valence-corrected chi connectivity index (χ3v) is 5.67. The number of alkyl halides is 3. The molecule has 0 fully saturated rings.